The fourth-order valence-corrected chi connectivity index (χ4v) is 1.87. The molecule has 1 aliphatic rings. The third kappa shape index (κ3) is 1.21. The fourth-order valence-electron chi connectivity index (χ4n) is 1.87. The largest absolute Gasteiger partial charge is 0.369 e. The monoisotopic (exact) mass is 191 g/mol. The number of amides is 1. The Hall–Kier alpha value is -1.35. The molecule has 0 unspecified atom stereocenters. The van der Waals surface area contributed by atoms with Crippen LogP contribution in [0.15, 0.2) is 30.3 Å². The van der Waals surface area contributed by atoms with Gasteiger partial charge in [-0.3, -0.25) is 4.79 Å². The van der Waals surface area contributed by atoms with E-state index in [1.54, 1.807) is 19.1 Å². The number of carbonyl (C=O) groups is 1. The molecular weight excluding hydrogens is 178 g/mol. The predicted molar refractivity (Wildman–Crippen MR) is 52.8 cm³/mol. The van der Waals surface area contributed by atoms with Crippen LogP contribution in [-0.4, -0.2) is 31.1 Å². The summed E-state index contributed by atoms with van der Waals surface area (Å²) in [5.74, 6) is 0.0568. The first-order valence-electron chi connectivity index (χ1n) is 4.60. The Morgan fingerprint density at radius 3 is 2.50 bits per heavy atom. The molecule has 3 nitrogen and oxygen atoms in total. The molecule has 0 spiro atoms. The highest BCUT2D eigenvalue weighted by Gasteiger charge is 2.45. The van der Waals surface area contributed by atoms with Crippen molar-refractivity contribution in [3.63, 3.8) is 0 Å². The maximum absolute atomic E-state index is 11.4. The molecule has 1 heterocycles. The van der Waals surface area contributed by atoms with Gasteiger partial charge in [0.05, 0.1) is 6.04 Å². The highest BCUT2D eigenvalue weighted by atomic mass is 16.5. The third-order valence-electron chi connectivity index (χ3n) is 2.69. The molecule has 1 aromatic rings. The number of carbonyl (C=O) groups excluding carboxylic acids is 1. The van der Waals surface area contributed by atoms with Crippen LogP contribution in [0.25, 0.3) is 0 Å². The lowest BCUT2D eigenvalue weighted by Gasteiger charge is -2.44. The number of nitrogens with zero attached hydrogens (tertiary/aromatic N) is 1. The maximum Gasteiger partial charge on any atom is 0.254 e. The van der Waals surface area contributed by atoms with Crippen molar-refractivity contribution in [2.45, 2.75) is 12.1 Å². The molecule has 1 aromatic carbocycles. The number of rotatable bonds is 2. The summed E-state index contributed by atoms with van der Waals surface area (Å²) in [6.07, 6.45) is -0.303. The second kappa shape index (κ2) is 3.42. The molecule has 0 bridgehead atoms. The van der Waals surface area contributed by atoms with Crippen molar-refractivity contribution in [1.82, 2.24) is 4.90 Å². The average molecular weight is 191 g/mol. The fraction of sp³-hybridized carbons (Fsp3) is 0.364. The van der Waals surface area contributed by atoms with Crippen molar-refractivity contribution in [2.24, 2.45) is 0 Å². The Kier molecular flexibility index (Phi) is 2.25. The number of ether oxygens (including phenoxy) is 1. The van der Waals surface area contributed by atoms with Crippen molar-refractivity contribution >= 4 is 5.91 Å². The van der Waals surface area contributed by atoms with Gasteiger partial charge in [-0.1, -0.05) is 30.3 Å². The van der Waals surface area contributed by atoms with Gasteiger partial charge in [-0.25, -0.2) is 0 Å². The smallest absolute Gasteiger partial charge is 0.254 e. The predicted octanol–water partition coefficient (Wildman–Crippen LogP) is 1.21. The summed E-state index contributed by atoms with van der Waals surface area (Å²) in [5.41, 5.74) is 1.13. The molecule has 0 aliphatic carbocycles. The van der Waals surface area contributed by atoms with Gasteiger partial charge in [-0.05, 0) is 5.56 Å². The highest BCUT2D eigenvalue weighted by Crippen LogP contribution is 2.34. The third-order valence-corrected chi connectivity index (χ3v) is 2.69. The minimum atomic E-state index is -0.303. The Morgan fingerprint density at radius 2 is 1.93 bits per heavy atom. The van der Waals surface area contributed by atoms with E-state index in [1.807, 2.05) is 30.3 Å². The molecule has 2 atom stereocenters. The van der Waals surface area contributed by atoms with Gasteiger partial charge in [0.2, 0.25) is 0 Å². The molecule has 0 aromatic heterocycles. The van der Waals surface area contributed by atoms with Crippen LogP contribution in [-0.2, 0) is 9.53 Å². The molecule has 0 radical (unpaired) electrons. The molecular formula is C11H13NO2. The van der Waals surface area contributed by atoms with Crippen molar-refractivity contribution in [1.29, 1.82) is 0 Å². The number of hydrogen-bond donors (Lipinski definition) is 0. The van der Waals surface area contributed by atoms with E-state index in [1.165, 1.54) is 0 Å². The summed E-state index contributed by atoms with van der Waals surface area (Å²) in [6, 6.07) is 10.0. The van der Waals surface area contributed by atoms with Gasteiger partial charge in [0, 0.05) is 14.2 Å². The van der Waals surface area contributed by atoms with Gasteiger partial charge in [0.25, 0.3) is 5.91 Å². The summed E-state index contributed by atoms with van der Waals surface area (Å²) in [4.78, 5) is 13.1. The zero-order chi connectivity index (χ0) is 10.1. The van der Waals surface area contributed by atoms with Gasteiger partial charge in [-0.2, -0.15) is 0 Å². The van der Waals surface area contributed by atoms with Crippen molar-refractivity contribution in [3.05, 3.63) is 35.9 Å². The molecule has 1 saturated heterocycles. The summed E-state index contributed by atoms with van der Waals surface area (Å²) >= 11 is 0. The van der Waals surface area contributed by atoms with E-state index in [-0.39, 0.29) is 18.1 Å². The normalized spacial score (nSPS) is 26.1. The SMILES string of the molecule is CO[C@H]1C(=O)N(C)[C@H]1c1ccccc1. The minimum Gasteiger partial charge on any atom is -0.369 e. The van der Waals surface area contributed by atoms with E-state index in [0.29, 0.717) is 0 Å². The highest BCUT2D eigenvalue weighted by molar-refractivity contribution is 5.88. The van der Waals surface area contributed by atoms with Crippen LogP contribution >= 0.6 is 0 Å². The lowest BCUT2D eigenvalue weighted by molar-refractivity contribution is -0.167. The van der Waals surface area contributed by atoms with Crippen LogP contribution in [0.1, 0.15) is 11.6 Å². The van der Waals surface area contributed by atoms with Gasteiger partial charge in [-0.15, -0.1) is 0 Å². The summed E-state index contributed by atoms with van der Waals surface area (Å²) in [6.45, 7) is 0. The molecule has 1 aliphatic heterocycles. The van der Waals surface area contributed by atoms with E-state index >= 15 is 0 Å². The van der Waals surface area contributed by atoms with Crippen LogP contribution in [0.4, 0.5) is 0 Å². The van der Waals surface area contributed by atoms with E-state index < -0.39 is 0 Å². The first-order chi connectivity index (χ1) is 6.75. The van der Waals surface area contributed by atoms with Gasteiger partial charge >= 0.3 is 0 Å². The van der Waals surface area contributed by atoms with Crippen LogP contribution in [0, 0.1) is 0 Å². The average Bonchev–Trinajstić information content (AvgIpc) is 2.25. The number of benzene rings is 1. The van der Waals surface area contributed by atoms with Crippen molar-refractivity contribution in [3.8, 4) is 0 Å². The molecule has 1 fully saturated rings. The standard InChI is InChI=1S/C11H13NO2/c1-12-9(10(14-2)11(12)13)8-6-4-3-5-7-8/h3-7,9-10H,1-2H3/t9-,10+/m0/s1. The van der Waals surface area contributed by atoms with Crippen LogP contribution in [0.2, 0.25) is 0 Å². The molecule has 1 amide bonds. The summed E-state index contributed by atoms with van der Waals surface area (Å²) < 4.78 is 5.14. The summed E-state index contributed by atoms with van der Waals surface area (Å²) in [5, 5.41) is 0. The van der Waals surface area contributed by atoms with Gasteiger partial charge < -0.3 is 9.64 Å². The topological polar surface area (TPSA) is 29.5 Å². The molecule has 0 saturated carbocycles. The first kappa shape index (κ1) is 9.21. The number of likely N-dealkylation sites (tertiary alicyclic amines) is 1. The lowest BCUT2D eigenvalue weighted by Crippen LogP contribution is -2.57. The van der Waals surface area contributed by atoms with Crippen molar-refractivity contribution in [2.75, 3.05) is 14.2 Å². The second-order valence-corrected chi connectivity index (χ2v) is 3.46. The Balaban J connectivity index is 2.23. The summed E-state index contributed by atoms with van der Waals surface area (Å²) in [7, 11) is 3.38. The Bertz CT molecular complexity index is 336. The second-order valence-electron chi connectivity index (χ2n) is 3.46. The zero-order valence-corrected chi connectivity index (χ0v) is 8.31. The van der Waals surface area contributed by atoms with Gasteiger partial charge in [0.15, 0.2) is 6.10 Å². The lowest BCUT2D eigenvalue weighted by atomic mass is 9.91. The minimum absolute atomic E-state index is 0.0568. The number of β-lactam (4-membered cyclic amide) rings is 1. The number of hydrogen-bond acceptors (Lipinski definition) is 2. The Labute approximate surface area is 83.3 Å². The van der Waals surface area contributed by atoms with Crippen LogP contribution < -0.4 is 0 Å². The van der Waals surface area contributed by atoms with Gasteiger partial charge in [0.1, 0.15) is 0 Å². The van der Waals surface area contributed by atoms with E-state index in [2.05, 4.69) is 0 Å². The molecule has 74 valence electrons. The van der Waals surface area contributed by atoms with E-state index in [9.17, 15) is 4.79 Å². The van der Waals surface area contributed by atoms with E-state index in [0.717, 1.165) is 5.56 Å². The first-order valence-corrected chi connectivity index (χ1v) is 4.60. The van der Waals surface area contributed by atoms with E-state index in [4.69, 9.17) is 4.74 Å². The molecule has 2 rings (SSSR count). The molecule has 14 heavy (non-hydrogen) atoms. The number of methoxy groups -OCH3 is 1. The van der Waals surface area contributed by atoms with Crippen molar-refractivity contribution < 1.29 is 9.53 Å². The van der Waals surface area contributed by atoms with Crippen LogP contribution in [0.3, 0.4) is 0 Å². The quantitative estimate of drug-likeness (QED) is 0.658. The Morgan fingerprint density at radius 1 is 1.29 bits per heavy atom. The number of likely N-dealkylation sites (N-methyl/N-ethyl adjacent to an activating group) is 1. The maximum atomic E-state index is 11.4. The van der Waals surface area contributed by atoms with Crippen LogP contribution in [0.5, 0.6) is 0 Å². The molecule has 3 heteroatoms. The zero-order valence-electron chi connectivity index (χ0n) is 8.31. The molecule has 0 N–H and O–H groups in total.